The van der Waals surface area contributed by atoms with Gasteiger partial charge in [-0.2, -0.15) is 0 Å². The zero-order valence-electron chi connectivity index (χ0n) is 16.4. The molecule has 1 aliphatic rings. The Labute approximate surface area is 181 Å². The Morgan fingerprint density at radius 1 is 1.00 bits per heavy atom. The molecular weight excluding hydrogens is 453 g/mol. The van der Waals surface area contributed by atoms with E-state index in [1.165, 1.54) is 36.4 Å². The maximum absolute atomic E-state index is 13.5. The number of aliphatic hydroxyl groups is 1. The van der Waals surface area contributed by atoms with Crippen LogP contribution in [0, 0.1) is 11.6 Å². The standard InChI is InChI=1S/C20H19F2O9P/c21-14-5-1-3-12(7-14)10-28-18-17(16(9-23)31-32(25,26)27)30-20(24)19(18)29-11-13-4-2-6-15(22)8-13/h1-8,16-17,23H,9-11H2,(H2,25,26,27)/t16-,17+/m0/s1. The molecule has 2 aromatic rings. The number of cyclic esters (lactones) is 1. The number of carbonyl (C=O) groups is 1. The molecule has 0 aromatic heterocycles. The molecule has 1 heterocycles. The summed E-state index contributed by atoms with van der Waals surface area (Å²) in [6.45, 7) is -1.46. The third kappa shape index (κ3) is 6.35. The highest BCUT2D eigenvalue weighted by Gasteiger charge is 2.45. The van der Waals surface area contributed by atoms with Gasteiger partial charge in [0.15, 0.2) is 11.9 Å². The van der Waals surface area contributed by atoms with Gasteiger partial charge in [0.1, 0.15) is 31.0 Å². The second kappa shape index (κ2) is 10.2. The van der Waals surface area contributed by atoms with Crippen LogP contribution in [-0.2, 0) is 41.3 Å². The van der Waals surface area contributed by atoms with E-state index < -0.39 is 50.0 Å². The molecule has 2 atom stereocenters. The van der Waals surface area contributed by atoms with E-state index in [2.05, 4.69) is 4.52 Å². The first-order valence-corrected chi connectivity index (χ1v) is 10.7. The van der Waals surface area contributed by atoms with Gasteiger partial charge in [0.2, 0.25) is 5.76 Å². The number of hydrogen-bond acceptors (Lipinski definition) is 7. The van der Waals surface area contributed by atoms with Crippen molar-refractivity contribution in [2.45, 2.75) is 25.4 Å². The molecule has 0 fully saturated rings. The summed E-state index contributed by atoms with van der Waals surface area (Å²) in [5, 5.41) is 9.53. The normalized spacial score (nSPS) is 17.3. The van der Waals surface area contributed by atoms with Crippen LogP contribution in [0.3, 0.4) is 0 Å². The summed E-state index contributed by atoms with van der Waals surface area (Å²) in [6.07, 6.45) is -3.24. The number of phosphoric acid groups is 1. The lowest BCUT2D eigenvalue weighted by Gasteiger charge is -2.23. The summed E-state index contributed by atoms with van der Waals surface area (Å²) in [7, 11) is -5.07. The number of benzene rings is 2. The van der Waals surface area contributed by atoms with Gasteiger partial charge < -0.3 is 29.1 Å². The number of rotatable bonds is 10. The molecule has 2 aromatic carbocycles. The van der Waals surface area contributed by atoms with Crippen LogP contribution in [0.5, 0.6) is 0 Å². The van der Waals surface area contributed by atoms with Gasteiger partial charge in [0.05, 0.1) is 6.61 Å². The quantitative estimate of drug-likeness (QED) is 0.352. The van der Waals surface area contributed by atoms with E-state index in [4.69, 9.17) is 24.0 Å². The number of phosphoric ester groups is 1. The van der Waals surface area contributed by atoms with Gasteiger partial charge in [-0.05, 0) is 35.4 Å². The fourth-order valence-electron chi connectivity index (χ4n) is 2.91. The van der Waals surface area contributed by atoms with Gasteiger partial charge in [0.25, 0.3) is 0 Å². The van der Waals surface area contributed by atoms with Crippen molar-refractivity contribution in [1.29, 1.82) is 0 Å². The fourth-order valence-corrected chi connectivity index (χ4v) is 3.44. The zero-order valence-corrected chi connectivity index (χ0v) is 17.3. The average molecular weight is 472 g/mol. The van der Waals surface area contributed by atoms with Gasteiger partial charge in [-0.3, -0.25) is 4.52 Å². The van der Waals surface area contributed by atoms with Crippen molar-refractivity contribution in [2.75, 3.05) is 6.61 Å². The summed E-state index contributed by atoms with van der Waals surface area (Å²) in [5.41, 5.74) is 0.750. The second-order valence-corrected chi connectivity index (χ2v) is 7.87. The molecule has 3 rings (SSSR count). The van der Waals surface area contributed by atoms with Gasteiger partial charge in [-0.25, -0.2) is 18.1 Å². The Balaban J connectivity index is 1.88. The summed E-state index contributed by atoms with van der Waals surface area (Å²) < 4.78 is 58.7. The number of carbonyl (C=O) groups excluding carboxylic acids is 1. The third-order valence-electron chi connectivity index (χ3n) is 4.25. The van der Waals surface area contributed by atoms with Crippen LogP contribution in [0.4, 0.5) is 8.78 Å². The first-order chi connectivity index (χ1) is 15.2. The molecule has 0 bridgehead atoms. The molecule has 0 unspecified atom stereocenters. The van der Waals surface area contributed by atoms with Crippen LogP contribution in [0.2, 0.25) is 0 Å². The van der Waals surface area contributed by atoms with Gasteiger partial charge in [0, 0.05) is 0 Å². The Hall–Kier alpha value is -2.82. The average Bonchev–Trinajstić information content (AvgIpc) is 3.03. The van der Waals surface area contributed by atoms with Crippen molar-refractivity contribution in [2.24, 2.45) is 0 Å². The first-order valence-electron chi connectivity index (χ1n) is 9.20. The minimum absolute atomic E-state index is 0.259. The van der Waals surface area contributed by atoms with E-state index in [1.807, 2.05) is 0 Å². The van der Waals surface area contributed by atoms with Crippen molar-refractivity contribution in [1.82, 2.24) is 0 Å². The number of aliphatic hydroxyl groups excluding tert-OH is 1. The highest BCUT2D eigenvalue weighted by Crippen LogP contribution is 2.41. The molecule has 0 aliphatic carbocycles. The van der Waals surface area contributed by atoms with Crippen LogP contribution in [0.25, 0.3) is 0 Å². The maximum atomic E-state index is 13.5. The van der Waals surface area contributed by atoms with E-state index in [0.717, 1.165) is 0 Å². The predicted molar refractivity (Wildman–Crippen MR) is 103 cm³/mol. The molecule has 1 aliphatic heterocycles. The lowest BCUT2D eigenvalue weighted by molar-refractivity contribution is -0.148. The SMILES string of the molecule is O=C1O[C@H]([C@H](CO)OP(=O)(O)O)C(OCc2cccc(F)c2)=C1OCc1cccc(F)c1. The minimum Gasteiger partial charge on any atom is -0.485 e. The van der Waals surface area contributed by atoms with Crippen molar-refractivity contribution in [3.8, 4) is 0 Å². The Kier molecular flexibility index (Phi) is 7.60. The molecule has 0 amide bonds. The summed E-state index contributed by atoms with van der Waals surface area (Å²) >= 11 is 0. The van der Waals surface area contributed by atoms with Crippen LogP contribution in [-0.4, -0.2) is 39.7 Å². The van der Waals surface area contributed by atoms with Crippen LogP contribution in [0.15, 0.2) is 60.0 Å². The van der Waals surface area contributed by atoms with Crippen molar-refractivity contribution in [3.63, 3.8) is 0 Å². The third-order valence-corrected chi connectivity index (χ3v) is 4.79. The van der Waals surface area contributed by atoms with Crippen molar-refractivity contribution >= 4 is 13.8 Å². The molecule has 3 N–H and O–H groups in total. The van der Waals surface area contributed by atoms with Crippen LogP contribution in [0.1, 0.15) is 11.1 Å². The van der Waals surface area contributed by atoms with E-state index in [1.54, 1.807) is 12.1 Å². The highest BCUT2D eigenvalue weighted by molar-refractivity contribution is 7.46. The van der Waals surface area contributed by atoms with Crippen LogP contribution < -0.4 is 0 Å². The van der Waals surface area contributed by atoms with E-state index in [0.29, 0.717) is 11.1 Å². The summed E-state index contributed by atoms with van der Waals surface area (Å²) in [5.74, 6) is -2.87. The molecule has 0 saturated heterocycles. The summed E-state index contributed by atoms with van der Waals surface area (Å²) in [4.78, 5) is 30.6. The molecule has 0 radical (unpaired) electrons. The first kappa shape index (κ1) is 23.8. The van der Waals surface area contributed by atoms with E-state index in [-0.39, 0.29) is 19.0 Å². The topological polar surface area (TPSA) is 132 Å². The lowest BCUT2D eigenvalue weighted by Crippen LogP contribution is -2.34. The van der Waals surface area contributed by atoms with Gasteiger partial charge >= 0.3 is 13.8 Å². The zero-order chi connectivity index (χ0) is 23.3. The molecule has 9 nitrogen and oxygen atoms in total. The number of hydrogen-bond donors (Lipinski definition) is 3. The molecular formula is C20H19F2O9P. The minimum atomic E-state index is -5.07. The fraction of sp³-hybridized carbons (Fsp3) is 0.250. The van der Waals surface area contributed by atoms with Gasteiger partial charge in [-0.15, -0.1) is 0 Å². The predicted octanol–water partition coefficient (Wildman–Crippen LogP) is 2.31. The second-order valence-electron chi connectivity index (χ2n) is 6.67. The van der Waals surface area contributed by atoms with E-state index >= 15 is 0 Å². The lowest BCUT2D eigenvalue weighted by atomic mass is 10.1. The largest absolute Gasteiger partial charge is 0.485 e. The molecule has 0 spiro atoms. The molecule has 12 heteroatoms. The number of ether oxygens (including phenoxy) is 3. The van der Waals surface area contributed by atoms with E-state index in [9.17, 15) is 23.2 Å². The van der Waals surface area contributed by atoms with Crippen molar-refractivity contribution < 1.29 is 51.8 Å². The van der Waals surface area contributed by atoms with Crippen LogP contribution >= 0.6 is 7.82 Å². The maximum Gasteiger partial charge on any atom is 0.470 e. The van der Waals surface area contributed by atoms with Gasteiger partial charge in [-0.1, -0.05) is 24.3 Å². The molecule has 32 heavy (non-hydrogen) atoms. The summed E-state index contributed by atoms with van der Waals surface area (Å²) in [6, 6.07) is 10.8. The Bertz CT molecular complexity index is 1050. The number of halogens is 2. The Morgan fingerprint density at radius 3 is 2.06 bits per heavy atom. The highest BCUT2D eigenvalue weighted by atomic mass is 31.2. The molecule has 172 valence electrons. The van der Waals surface area contributed by atoms with Crippen molar-refractivity contribution in [3.05, 3.63) is 82.8 Å². The Morgan fingerprint density at radius 2 is 1.56 bits per heavy atom. The smallest absolute Gasteiger partial charge is 0.470 e. The monoisotopic (exact) mass is 472 g/mol. The number of esters is 1. The molecule has 0 saturated carbocycles.